The molecular weight excluding hydrogens is 210 g/mol. The van der Waals surface area contributed by atoms with Crippen LogP contribution in [0.2, 0.25) is 0 Å². The van der Waals surface area contributed by atoms with Gasteiger partial charge >= 0.3 is 12.1 Å². The van der Waals surface area contributed by atoms with E-state index >= 15 is 0 Å². The Hall–Kier alpha value is -0.970. The summed E-state index contributed by atoms with van der Waals surface area (Å²) in [6.45, 7) is 0.836. The molecule has 1 aliphatic heterocycles. The summed E-state index contributed by atoms with van der Waals surface area (Å²) in [6.07, 6.45) is 0.0140. The molecule has 0 radical (unpaired) electrons. The van der Waals surface area contributed by atoms with Crippen molar-refractivity contribution < 1.29 is 19.4 Å². The van der Waals surface area contributed by atoms with E-state index in [1.807, 2.05) is 0 Å². The maximum atomic E-state index is 11.2. The SMILES string of the molecule is O=C(O)C1CCN(C(=O)OCCCl)C1. The highest BCUT2D eigenvalue weighted by Gasteiger charge is 2.31. The number of halogens is 1. The zero-order valence-electron chi connectivity index (χ0n) is 7.61. The molecular formula is C8H12ClNO4. The second kappa shape index (κ2) is 5.05. The molecule has 0 saturated carbocycles. The maximum absolute atomic E-state index is 11.2. The van der Waals surface area contributed by atoms with Crippen molar-refractivity contribution in [2.45, 2.75) is 6.42 Å². The van der Waals surface area contributed by atoms with Gasteiger partial charge in [-0.15, -0.1) is 11.6 Å². The van der Waals surface area contributed by atoms with Gasteiger partial charge in [0.2, 0.25) is 0 Å². The predicted molar refractivity (Wildman–Crippen MR) is 49.4 cm³/mol. The third kappa shape index (κ3) is 2.77. The quantitative estimate of drug-likeness (QED) is 0.715. The summed E-state index contributed by atoms with van der Waals surface area (Å²) >= 11 is 5.34. The van der Waals surface area contributed by atoms with Gasteiger partial charge in [-0.25, -0.2) is 4.79 Å². The highest BCUT2D eigenvalue weighted by molar-refractivity contribution is 6.18. The van der Waals surface area contributed by atoms with Crippen molar-refractivity contribution in [1.29, 1.82) is 0 Å². The maximum Gasteiger partial charge on any atom is 0.409 e. The van der Waals surface area contributed by atoms with Crippen molar-refractivity contribution >= 4 is 23.7 Å². The summed E-state index contributed by atoms with van der Waals surface area (Å²) < 4.78 is 4.77. The molecule has 1 heterocycles. The molecule has 1 aliphatic rings. The molecule has 1 atom stereocenters. The largest absolute Gasteiger partial charge is 0.481 e. The lowest BCUT2D eigenvalue weighted by atomic mass is 10.1. The number of rotatable bonds is 3. The van der Waals surface area contributed by atoms with Crippen LogP contribution in [0.1, 0.15) is 6.42 Å². The summed E-state index contributed by atoms with van der Waals surface area (Å²) in [5.41, 5.74) is 0. The van der Waals surface area contributed by atoms with Crippen LogP contribution in [0, 0.1) is 5.92 Å². The second-order valence-corrected chi connectivity index (χ2v) is 3.45. The highest BCUT2D eigenvalue weighted by atomic mass is 35.5. The van der Waals surface area contributed by atoms with Crippen LogP contribution in [-0.2, 0) is 9.53 Å². The summed E-state index contributed by atoms with van der Waals surface area (Å²) in [6, 6.07) is 0. The first kappa shape index (κ1) is 11.1. The minimum atomic E-state index is -0.863. The van der Waals surface area contributed by atoms with Crippen LogP contribution in [0.4, 0.5) is 4.79 Å². The molecule has 5 nitrogen and oxygen atoms in total. The molecule has 0 bridgehead atoms. The number of likely N-dealkylation sites (tertiary alicyclic amines) is 1. The molecule has 0 aromatic carbocycles. The number of carbonyl (C=O) groups excluding carboxylic acids is 1. The van der Waals surface area contributed by atoms with Crippen LogP contribution in [0.15, 0.2) is 0 Å². The molecule has 80 valence electrons. The van der Waals surface area contributed by atoms with Gasteiger partial charge < -0.3 is 14.7 Å². The monoisotopic (exact) mass is 221 g/mol. The number of carbonyl (C=O) groups is 2. The Morgan fingerprint density at radius 1 is 1.57 bits per heavy atom. The van der Waals surface area contributed by atoms with Crippen LogP contribution >= 0.6 is 11.6 Å². The Labute approximate surface area is 86.6 Å². The second-order valence-electron chi connectivity index (χ2n) is 3.07. The molecule has 14 heavy (non-hydrogen) atoms. The minimum Gasteiger partial charge on any atom is -0.481 e. The molecule has 1 N–H and O–H groups in total. The minimum absolute atomic E-state index is 0.161. The van der Waals surface area contributed by atoms with E-state index in [9.17, 15) is 9.59 Å². The first-order valence-corrected chi connectivity index (χ1v) is 4.89. The van der Waals surface area contributed by atoms with Crippen LogP contribution in [0.25, 0.3) is 0 Å². The number of amides is 1. The summed E-state index contributed by atoms with van der Waals surface area (Å²) in [5.74, 6) is -1.07. The molecule has 1 unspecified atom stereocenters. The fraction of sp³-hybridized carbons (Fsp3) is 0.750. The third-order valence-corrected chi connectivity index (χ3v) is 2.25. The number of carboxylic acids is 1. The van der Waals surface area contributed by atoms with Crippen molar-refractivity contribution in [2.24, 2.45) is 5.92 Å². The average molecular weight is 222 g/mol. The van der Waals surface area contributed by atoms with E-state index in [2.05, 4.69) is 0 Å². The number of hydrogen-bond donors (Lipinski definition) is 1. The summed E-state index contributed by atoms with van der Waals surface area (Å²) in [5, 5.41) is 8.69. The van der Waals surface area contributed by atoms with Crippen LogP contribution in [-0.4, -0.2) is 47.6 Å². The zero-order chi connectivity index (χ0) is 10.6. The Kier molecular flexibility index (Phi) is 4.00. The van der Waals surface area contributed by atoms with Gasteiger partial charge in [0.25, 0.3) is 0 Å². The molecule has 0 aromatic heterocycles. The van der Waals surface area contributed by atoms with E-state index < -0.39 is 18.0 Å². The molecule has 1 saturated heterocycles. The van der Waals surface area contributed by atoms with Gasteiger partial charge in [-0.2, -0.15) is 0 Å². The smallest absolute Gasteiger partial charge is 0.409 e. The first-order valence-electron chi connectivity index (χ1n) is 4.35. The number of nitrogens with zero attached hydrogens (tertiary/aromatic N) is 1. The van der Waals surface area contributed by atoms with Crippen molar-refractivity contribution in [3.8, 4) is 0 Å². The van der Waals surface area contributed by atoms with Crippen molar-refractivity contribution in [3.63, 3.8) is 0 Å². The number of ether oxygens (including phenoxy) is 1. The lowest BCUT2D eigenvalue weighted by Crippen LogP contribution is -2.30. The fourth-order valence-corrected chi connectivity index (χ4v) is 1.42. The van der Waals surface area contributed by atoms with Crippen LogP contribution in [0.5, 0.6) is 0 Å². The lowest BCUT2D eigenvalue weighted by Gasteiger charge is -2.14. The van der Waals surface area contributed by atoms with Gasteiger partial charge in [-0.05, 0) is 6.42 Å². The fourth-order valence-electron chi connectivity index (χ4n) is 1.34. The Balaban J connectivity index is 2.34. The highest BCUT2D eigenvalue weighted by Crippen LogP contribution is 2.16. The molecule has 0 aliphatic carbocycles. The molecule has 1 amide bonds. The van der Waals surface area contributed by atoms with Gasteiger partial charge in [0.15, 0.2) is 0 Å². The lowest BCUT2D eigenvalue weighted by molar-refractivity contribution is -0.141. The van der Waals surface area contributed by atoms with Gasteiger partial charge in [0, 0.05) is 13.1 Å². The van der Waals surface area contributed by atoms with E-state index in [1.54, 1.807) is 0 Å². The molecule has 6 heteroatoms. The number of hydrogen-bond acceptors (Lipinski definition) is 3. The van der Waals surface area contributed by atoms with Gasteiger partial charge in [0.05, 0.1) is 11.8 Å². The standard InChI is InChI=1S/C8H12ClNO4/c9-2-4-14-8(13)10-3-1-6(5-10)7(11)12/h6H,1-5H2,(H,11,12). The van der Waals surface area contributed by atoms with E-state index in [4.69, 9.17) is 21.4 Å². The van der Waals surface area contributed by atoms with E-state index in [0.717, 1.165) is 0 Å². The van der Waals surface area contributed by atoms with Gasteiger partial charge in [-0.1, -0.05) is 0 Å². The molecule has 0 aromatic rings. The Morgan fingerprint density at radius 3 is 2.79 bits per heavy atom. The Morgan fingerprint density at radius 2 is 2.29 bits per heavy atom. The van der Waals surface area contributed by atoms with E-state index in [-0.39, 0.29) is 19.0 Å². The van der Waals surface area contributed by atoms with E-state index in [0.29, 0.717) is 13.0 Å². The molecule has 1 rings (SSSR count). The van der Waals surface area contributed by atoms with Crippen molar-refractivity contribution in [1.82, 2.24) is 4.90 Å². The first-order chi connectivity index (χ1) is 6.65. The van der Waals surface area contributed by atoms with Gasteiger partial charge in [0.1, 0.15) is 6.61 Å². The number of carboxylic acid groups (broad SMARTS) is 1. The van der Waals surface area contributed by atoms with E-state index in [1.165, 1.54) is 4.90 Å². The number of aliphatic carboxylic acids is 1. The summed E-state index contributed by atoms with van der Waals surface area (Å²) in [4.78, 5) is 23.2. The topological polar surface area (TPSA) is 66.8 Å². The average Bonchev–Trinajstić information content (AvgIpc) is 2.62. The predicted octanol–water partition coefficient (Wildman–Crippen LogP) is 0.768. The molecule has 1 fully saturated rings. The van der Waals surface area contributed by atoms with Crippen molar-refractivity contribution in [2.75, 3.05) is 25.6 Å². The summed E-state index contributed by atoms with van der Waals surface area (Å²) in [7, 11) is 0. The third-order valence-electron chi connectivity index (χ3n) is 2.10. The number of alkyl halides is 1. The Bertz CT molecular complexity index is 233. The van der Waals surface area contributed by atoms with Gasteiger partial charge in [-0.3, -0.25) is 4.79 Å². The zero-order valence-corrected chi connectivity index (χ0v) is 8.37. The molecule has 0 spiro atoms. The normalized spacial score (nSPS) is 20.9. The van der Waals surface area contributed by atoms with Crippen LogP contribution < -0.4 is 0 Å². The van der Waals surface area contributed by atoms with Crippen LogP contribution in [0.3, 0.4) is 0 Å². The van der Waals surface area contributed by atoms with Crippen molar-refractivity contribution in [3.05, 3.63) is 0 Å².